The summed E-state index contributed by atoms with van der Waals surface area (Å²) in [6.45, 7) is -1.18. The zero-order valence-electron chi connectivity index (χ0n) is 9.83. The van der Waals surface area contributed by atoms with Crippen LogP contribution in [0.1, 0.15) is 12.0 Å². The average Bonchev–Trinajstić information content (AvgIpc) is 2.36. The van der Waals surface area contributed by atoms with E-state index in [2.05, 4.69) is 15.9 Å². The highest BCUT2D eigenvalue weighted by molar-refractivity contribution is 9.10. The molecule has 0 spiro atoms. The zero-order chi connectivity index (χ0) is 14.4. The van der Waals surface area contributed by atoms with E-state index in [4.69, 9.17) is 5.11 Å². The van der Waals surface area contributed by atoms with E-state index in [1.165, 1.54) is 18.2 Å². The van der Waals surface area contributed by atoms with Gasteiger partial charge in [-0.2, -0.15) is 0 Å². The normalized spacial score (nSPS) is 11.9. The highest BCUT2D eigenvalue weighted by Gasteiger charge is 2.19. The van der Waals surface area contributed by atoms with Crippen molar-refractivity contribution in [1.29, 1.82) is 0 Å². The fraction of sp³-hybridized carbons (Fsp3) is 0.333. The van der Waals surface area contributed by atoms with Crippen LogP contribution in [-0.2, 0) is 16.0 Å². The van der Waals surface area contributed by atoms with Gasteiger partial charge in [-0.3, -0.25) is 4.79 Å². The largest absolute Gasteiger partial charge is 0.480 e. The van der Waals surface area contributed by atoms with Crippen LogP contribution in [-0.4, -0.2) is 29.7 Å². The molecule has 2 N–H and O–H groups in total. The van der Waals surface area contributed by atoms with Crippen molar-refractivity contribution in [2.24, 2.45) is 0 Å². The Balaban J connectivity index is 2.54. The molecule has 0 heterocycles. The first-order chi connectivity index (χ1) is 8.93. The molecule has 1 amide bonds. The number of benzene rings is 1. The summed E-state index contributed by atoms with van der Waals surface area (Å²) in [7, 11) is 0. The molecule has 1 unspecified atom stereocenters. The molecule has 19 heavy (non-hydrogen) atoms. The van der Waals surface area contributed by atoms with Crippen molar-refractivity contribution in [3.63, 3.8) is 0 Å². The molecular formula is C12H12BrF2NO3. The lowest BCUT2D eigenvalue weighted by molar-refractivity contribution is -0.142. The van der Waals surface area contributed by atoms with Crippen molar-refractivity contribution < 1.29 is 23.5 Å². The minimum atomic E-state index is -1.54. The first-order valence-corrected chi connectivity index (χ1v) is 6.25. The lowest BCUT2D eigenvalue weighted by atomic mass is 10.1. The Morgan fingerprint density at radius 3 is 2.68 bits per heavy atom. The van der Waals surface area contributed by atoms with Crippen molar-refractivity contribution in [1.82, 2.24) is 5.32 Å². The van der Waals surface area contributed by atoms with Gasteiger partial charge in [-0.05, 0) is 30.2 Å². The van der Waals surface area contributed by atoms with Crippen molar-refractivity contribution in [2.45, 2.75) is 18.9 Å². The summed E-state index contributed by atoms with van der Waals surface area (Å²) in [4.78, 5) is 22.0. The first-order valence-electron chi connectivity index (χ1n) is 5.46. The molecule has 0 saturated heterocycles. The van der Waals surface area contributed by atoms with Gasteiger partial charge in [-0.25, -0.2) is 13.6 Å². The molecule has 1 rings (SSSR count). The lowest BCUT2D eigenvalue weighted by Gasteiger charge is -2.11. The molecule has 7 heteroatoms. The van der Waals surface area contributed by atoms with Crippen molar-refractivity contribution in [3.05, 3.63) is 34.1 Å². The summed E-state index contributed by atoms with van der Waals surface area (Å²) >= 11 is 3.22. The molecular weight excluding hydrogens is 324 g/mol. The Bertz CT molecular complexity index is 482. The molecule has 0 bridgehead atoms. The van der Waals surface area contributed by atoms with Gasteiger partial charge < -0.3 is 10.4 Å². The maximum absolute atomic E-state index is 13.0. The fourth-order valence-corrected chi connectivity index (χ4v) is 1.86. The van der Waals surface area contributed by atoms with Gasteiger partial charge in [0.15, 0.2) is 6.04 Å². The van der Waals surface area contributed by atoms with E-state index in [1.54, 1.807) is 0 Å². The smallest absolute Gasteiger partial charge is 0.328 e. The summed E-state index contributed by atoms with van der Waals surface area (Å²) < 4.78 is 25.9. The van der Waals surface area contributed by atoms with Gasteiger partial charge in [0, 0.05) is 10.9 Å². The molecule has 1 aromatic rings. The second-order valence-electron chi connectivity index (χ2n) is 3.85. The van der Waals surface area contributed by atoms with E-state index in [-0.39, 0.29) is 12.8 Å². The predicted molar refractivity (Wildman–Crippen MR) is 68.0 cm³/mol. The van der Waals surface area contributed by atoms with Gasteiger partial charge in [-0.15, -0.1) is 0 Å². The van der Waals surface area contributed by atoms with Gasteiger partial charge in [0.1, 0.15) is 12.5 Å². The number of amides is 1. The van der Waals surface area contributed by atoms with Crippen LogP contribution in [0, 0.1) is 5.82 Å². The van der Waals surface area contributed by atoms with Crippen LogP contribution in [0.25, 0.3) is 0 Å². The Morgan fingerprint density at radius 2 is 2.11 bits per heavy atom. The second kappa shape index (κ2) is 7.18. The molecule has 0 aromatic heterocycles. The number of alkyl halides is 1. The molecule has 0 aliphatic rings. The third-order valence-electron chi connectivity index (χ3n) is 2.42. The topological polar surface area (TPSA) is 66.4 Å². The van der Waals surface area contributed by atoms with Gasteiger partial charge in [-0.1, -0.05) is 15.9 Å². The standard InChI is InChI=1S/C12H12BrF2NO3/c13-9-3-2-8(15)5-7(9)1-4-11(17)16-10(6-14)12(18)19/h2-3,5,10H,1,4,6H2,(H,16,17)(H,18,19). The highest BCUT2D eigenvalue weighted by atomic mass is 79.9. The van der Waals surface area contributed by atoms with E-state index in [9.17, 15) is 18.4 Å². The third-order valence-corrected chi connectivity index (χ3v) is 3.19. The number of carboxylic acid groups (broad SMARTS) is 1. The van der Waals surface area contributed by atoms with Crippen LogP contribution in [0.15, 0.2) is 22.7 Å². The minimum Gasteiger partial charge on any atom is -0.480 e. The zero-order valence-corrected chi connectivity index (χ0v) is 11.4. The number of hydrogen-bond acceptors (Lipinski definition) is 2. The maximum Gasteiger partial charge on any atom is 0.328 e. The SMILES string of the molecule is O=C(CCc1cc(F)ccc1Br)NC(CF)C(=O)O. The molecule has 0 aliphatic heterocycles. The first kappa shape index (κ1) is 15.6. The fourth-order valence-electron chi connectivity index (χ4n) is 1.42. The van der Waals surface area contributed by atoms with Gasteiger partial charge in [0.25, 0.3) is 0 Å². The quantitative estimate of drug-likeness (QED) is 0.836. The average molecular weight is 336 g/mol. The van der Waals surface area contributed by atoms with E-state index in [0.29, 0.717) is 10.0 Å². The van der Waals surface area contributed by atoms with E-state index in [0.717, 1.165) is 0 Å². The molecule has 0 fully saturated rings. The summed E-state index contributed by atoms with van der Waals surface area (Å²) in [5, 5.41) is 10.6. The predicted octanol–water partition coefficient (Wildman–Crippen LogP) is 2.06. The molecule has 0 saturated carbocycles. The van der Waals surface area contributed by atoms with Crippen molar-refractivity contribution in [3.8, 4) is 0 Å². The summed E-state index contributed by atoms with van der Waals surface area (Å²) in [5.41, 5.74) is 0.585. The Hall–Kier alpha value is -1.50. The van der Waals surface area contributed by atoms with E-state index < -0.39 is 30.4 Å². The maximum atomic E-state index is 13.0. The Labute approximate surface area is 116 Å². The number of aliphatic carboxylic acids is 1. The molecule has 4 nitrogen and oxygen atoms in total. The van der Waals surface area contributed by atoms with Crippen LogP contribution in [0.4, 0.5) is 8.78 Å². The van der Waals surface area contributed by atoms with Crippen LogP contribution in [0.5, 0.6) is 0 Å². The number of carboxylic acids is 1. The van der Waals surface area contributed by atoms with Gasteiger partial charge >= 0.3 is 5.97 Å². The molecule has 1 atom stereocenters. The van der Waals surface area contributed by atoms with Crippen molar-refractivity contribution in [2.75, 3.05) is 6.67 Å². The van der Waals surface area contributed by atoms with Crippen LogP contribution < -0.4 is 5.32 Å². The second-order valence-corrected chi connectivity index (χ2v) is 4.70. The molecule has 104 valence electrons. The Morgan fingerprint density at radius 1 is 1.42 bits per heavy atom. The summed E-state index contributed by atoms with van der Waals surface area (Å²) in [6, 6.07) is 2.53. The number of aryl methyl sites for hydroxylation is 1. The molecule has 0 aliphatic carbocycles. The lowest BCUT2D eigenvalue weighted by Crippen LogP contribution is -2.42. The van der Waals surface area contributed by atoms with Gasteiger partial charge in [0.2, 0.25) is 5.91 Å². The van der Waals surface area contributed by atoms with Crippen molar-refractivity contribution >= 4 is 27.8 Å². The van der Waals surface area contributed by atoms with Crippen LogP contribution in [0.2, 0.25) is 0 Å². The highest BCUT2D eigenvalue weighted by Crippen LogP contribution is 2.19. The van der Waals surface area contributed by atoms with Gasteiger partial charge in [0.05, 0.1) is 0 Å². The number of carbonyl (C=O) groups is 2. The summed E-state index contributed by atoms with van der Waals surface area (Å²) in [6.07, 6.45) is 0.175. The number of hydrogen-bond donors (Lipinski definition) is 2. The minimum absolute atomic E-state index is 0.0498. The Kier molecular flexibility index (Phi) is 5.88. The molecule has 0 radical (unpaired) electrons. The monoisotopic (exact) mass is 335 g/mol. The number of rotatable bonds is 6. The number of halogens is 3. The number of nitrogens with one attached hydrogen (secondary N) is 1. The van der Waals surface area contributed by atoms with Crippen LogP contribution in [0.3, 0.4) is 0 Å². The molecule has 1 aromatic carbocycles. The van der Waals surface area contributed by atoms with Crippen LogP contribution >= 0.6 is 15.9 Å². The van der Waals surface area contributed by atoms with E-state index >= 15 is 0 Å². The third kappa shape index (κ3) is 4.94. The van der Waals surface area contributed by atoms with E-state index in [1.807, 2.05) is 5.32 Å². The summed E-state index contributed by atoms with van der Waals surface area (Å²) in [5.74, 6) is -2.45. The number of carbonyl (C=O) groups excluding carboxylic acids is 1.